The molecule has 11 aromatic rings. The second kappa shape index (κ2) is 14.1. The third-order valence-electron chi connectivity index (χ3n) is 13.5. The molecule has 0 amide bonds. The summed E-state index contributed by atoms with van der Waals surface area (Å²) < 4.78 is 4.94. The average molecular weight is 807 g/mol. The number of hydrogen-bond donors (Lipinski definition) is 0. The summed E-state index contributed by atoms with van der Waals surface area (Å²) in [6.45, 7) is 2.38. The molecule has 2 atom stereocenters. The predicted molar refractivity (Wildman–Crippen MR) is 265 cm³/mol. The van der Waals surface area contributed by atoms with Gasteiger partial charge >= 0.3 is 0 Å². The number of amidine groups is 1. The molecule has 9 aromatic carbocycles. The number of nitrogens with zero attached hydrogens (tertiary/aromatic N) is 4. The van der Waals surface area contributed by atoms with E-state index >= 15 is 0 Å². The molecule has 0 saturated carbocycles. The minimum absolute atomic E-state index is 0.153. The third kappa shape index (κ3) is 5.51. The normalized spacial score (nSPS) is 16.0. The van der Waals surface area contributed by atoms with E-state index in [-0.39, 0.29) is 6.17 Å². The number of aromatic nitrogens is 2. The second-order valence-corrected chi connectivity index (χ2v) is 17.1. The number of benzene rings is 9. The number of para-hydroxylation sites is 4. The van der Waals surface area contributed by atoms with E-state index in [1.807, 2.05) is 0 Å². The van der Waals surface area contributed by atoms with Gasteiger partial charge in [0.25, 0.3) is 0 Å². The van der Waals surface area contributed by atoms with Gasteiger partial charge in [0.2, 0.25) is 0 Å². The zero-order valence-electron chi connectivity index (χ0n) is 34.9. The molecular weight excluding hydrogens is 765 g/mol. The largest absolute Gasteiger partial charge is 0.309 e. The van der Waals surface area contributed by atoms with Gasteiger partial charge in [0, 0.05) is 44.0 Å². The number of allylic oxidation sites excluding steroid dienone is 1. The fourth-order valence-electron chi connectivity index (χ4n) is 10.6. The van der Waals surface area contributed by atoms with Gasteiger partial charge in [0.05, 0.1) is 27.8 Å². The summed E-state index contributed by atoms with van der Waals surface area (Å²) in [5.41, 5.74) is 15.9. The Labute approximate surface area is 365 Å². The van der Waals surface area contributed by atoms with E-state index in [1.165, 1.54) is 93.6 Å². The van der Waals surface area contributed by atoms with Crippen molar-refractivity contribution in [3.63, 3.8) is 0 Å². The fourth-order valence-corrected chi connectivity index (χ4v) is 10.6. The standard InChI is InChI=1S/C59H42N4/c1-38-15-14-23-49-50(59-60-58(62(59)44-18-6-3-7-19-44)41-29-27-40(28-30-41)39-16-4-2-5-17-39)33-34-55(57(38)49)63-54-26-13-10-22-48(54)51-36-43-35-45(32-31-42(43)37-56(51)63)61-52-24-11-8-20-46(52)47-21-9-12-25-53(47)61/h2-14,16-38,59H,15H2,1H3. The van der Waals surface area contributed by atoms with Crippen LogP contribution in [0.1, 0.15) is 47.7 Å². The maximum atomic E-state index is 5.44. The Morgan fingerprint density at radius 1 is 0.460 bits per heavy atom. The molecule has 1 aliphatic heterocycles. The van der Waals surface area contributed by atoms with Crippen LogP contribution >= 0.6 is 0 Å². The molecule has 2 aromatic heterocycles. The van der Waals surface area contributed by atoms with Crippen LogP contribution in [0.3, 0.4) is 0 Å². The Hall–Kier alpha value is -7.95. The first-order chi connectivity index (χ1) is 31.2. The monoisotopic (exact) mass is 806 g/mol. The molecule has 0 bridgehead atoms. The van der Waals surface area contributed by atoms with Crippen molar-refractivity contribution in [3.05, 3.63) is 229 Å². The van der Waals surface area contributed by atoms with Crippen molar-refractivity contribution in [1.29, 1.82) is 0 Å². The Balaban J connectivity index is 0.957. The van der Waals surface area contributed by atoms with Crippen LogP contribution in [0.4, 0.5) is 5.69 Å². The van der Waals surface area contributed by atoms with Crippen LogP contribution in [0.2, 0.25) is 0 Å². The molecule has 298 valence electrons. The molecule has 1 aliphatic carbocycles. The molecule has 0 N–H and O–H groups in total. The van der Waals surface area contributed by atoms with Crippen molar-refractivity contribution >= 4 is 72.0 Å². The molecule has 13 rings (SSSR count). The highest BCUT2D eigenvalue weighted by Crippen LogP contribution is 2.46. The summed E-state index contributed by atoms with van der Waals surface area (Å²) in [5, 5.41) is 7.52. The summed E-state index contributed by atoms with van der Waals surface area (Å²) in [7, 11) is 0. The van der Waals surface area contributed by atoms with Gasteiger partial charge < -0.3 is 9.13 Å². The second-order valence-electron chi connectivity index (χ2n) is 17.1. The first-order valence-corrected chi connectivity index (χ1v) is 22.1. The van der Waals surface area contributed by atoms with Gasteiger partial charge in [-0.2, -0.15) is 0 Å². The summed E-state index contributed by atoms with van der Waals surface area (Å²) >= 11 is 0. The van der Waals surface area contributed by atoms with Crippen LogP contribution in [-0.2, 0) is 0 Å². The number of anilines is 1. The Bertz CT molecular complexity index is 3610. The molecule has 4 heteroatoms. The van der Waals surface area contributed by atoms with E-state index < -0.39 is 0 Å². The molecule has 0 spiro atoms. The highest BCUT2D eigenvalue weighted by atomic mass is 15.4. The minimum Gasteiger partial charge on any atom is -0.309 e. The lowest BCUT2D eigenvalue weighted by Crippen LogP contribution is -2.44. The van der Waals surface area contributed by atoms with E-state index in [9.17, 15) is 0 Å². The average Bonchev–Trinajstić information content (AvgIpc) is 3.84. The number of rotatable bonds is 6. The van der Waals surface area contributed by atoms with Crippen LogP contribution < -0.4 is 4.90 Å². The Morgan fingerprint density at radius 3 is 1.78 bits per heavy atom. The Morgan fingerprint density at radius 2 is 1.06 bits per heavy atom. The van der Waals surface area contributed by atoms with Gasteiger partial charge in [-0.3, -0.25) is 4.90 Å². The smallest absolute Gasteiger partial charge is 0.155 e. The highest BCUT2D eigenvalue weighted by molar-refractivity contribution is 6.16. The van der Waals surface area contributed by atoms with E-state index in [0.717, 1.165) is 23.5 Å². The quantitative estimate of drug-likeness (QED) is 0.164. The zero-order valence-corrected chi connectivity index (χ0v) is 34.9. The lowest BCUT2D eigenvalue weighted by Gasteiger charge is -2.42. The number of hydrogen-bond acceptors (Lipinski definition) is 2. The predicted octanol–water partition coefficient (Wildman–Crippen LogP) is 15.2. The molecule has 2 unspecified atom stereocenters. The topological polar surface area (TPSA) is 25.5 Å². The molecule has 63 heavy (non-hydrogen) atoms. The van der Waals surface area contributed by atoms with Crippen LogP contribution in [0.15, 0.2) is 211 Å². The summed E-state index contributed by atoms with van der Waals surface area (Å²) in [6.07, 6.45) is 5.55. The summed E-state index contributed by atoms with van der Waals surface area (Å²) in [5.74, 6) is 1.32. The van der Waals surface area contributed by atoms with Crippen molar-refractivity contribution < 1.29 is 0 Å². The van der Waals surface area contributed by atoms with E-state index in [0.29, 0.717) is 5.92 Å². The van der Waals surface area contributed by atoms with Gasteiger partial charge in [-0.25, -0.2) is 4.99 Å². The van der Waals surface area contributed by atoms with Crippen molar-refractivity contribution in [1.82, 2.24) is 9.13 Å². The molecule has 3 heterocycles. The van der Waals surface area contributed by atoms with Crippen molar-refractivity contribution in [2.75, 3.05) is 4.90 Å². The summed E-state index contributed by atoms with van der Waals surface area (Å²) in [4.78, 5) is 7.86. The number of aliphatic imine (C=N–C) groups is 1. The van der Waals surface area contributed by atoms with Crippen LogP contribution in [0, 0.1) is 0 Å². The van der Waals surface area contributed by atoms with Gasteiger partial charge in [0.15, 0.2) is 6.17 Å². The molecule has 4 nitrogen and oxygen atoms in total. The first kappa shape index (κ1) is 35.8. The first-order valence-electron chi connectivity index (χ1n) is 22.1. The van der Waals surface area contributed by atoms with Crippen LogP contribution in [0.5, 0.6) is 0 Å². The minimum atomic E-state index is -0.153. The fraction of sp³-hybridized carbons (Fsp3) is 0.0678. The van der Waals surface area contributed by atoms with E-state index in [2.05, 4.69) is 233 Å². The maximum absolute atomic E-state index is 5.44. The van der Waals surface area contributed by atoms with Gasteiger partial charge in [-0.1, -0.05) is 159 Å². The SMILES string of the molecule is CC1CC=Cc2c(C3N=C(c4ccc(-c5ccccc5)cc4)N3c3ccccc3)ccc(-n3c4ccccc4c4cc5cc(-n6c7ccccc7c7ccccc76)ccc5cc43)c21. The molecule has 0 saturated heterocycles. The van der Waals surface area contributed by atoms with Crippen molar-refractivity contribution in [2.45, 2.75) is 25.4 Å². The van der Waals surface area contributed by atoms with Gasteiger partial charge in [0.1, 0.15) is 5.84 Å². The molecule has 0 fully saturated rings. The van der Waals surface area contributed by atoms with Crippen molar-refractivity contribution in [2.24, 2.45) is 4.99 Å². The third-order valence-corrected chi connectivity index (χ3v) is 13.5. The highest BCUT2D eigenvalue weighted by Gasteiger charge is 2.37. The van der Waals surface area contributed by atoms with E-state index in [4.69, 9.17) is 4.99 Å². The lowest BCUT2D eigenvalue weighted by molar-refractivity contribution is 0.680. The lowest BCUT2D eigenvalue weighted by atomic mass is 9.83. The van der Waals surface area contributed by atoms with Gasteiger partial charge in [-0.15, -0.1) is 0 Å². The number of fused-ring (bicyclic) bond motifs is 8. The van der Waals surface area contributed by atoms with E-state index in [1.54, 1.807) is 0 Å². The molecular formula is C59H42N4. The summed E-state index contributed by atoms with van der Waals surface area (Å²) in [6, 6.07) is 73.1. The van der Waals surface area contributed by atoms with Crippen LogP contribution in [-0.4, -0.2) is 15.0 Å². The molecule has 0 radical (unpaired) electrons. The van der Waals surface area contributed by atoms with Crippen LogP contribution in [0.25, 0.3) is 83.0 Å². The molecule has 2 aliphatic rings. The van der Waals surface area contributed by atoms with Gasteiger partial charge in [-0.05, 0) is 106 Å². The van der Waals surface area contributed by atoms with Crippen molar-refractivity contribution in [3.8, 4) is 22.5 Å². The Kier molecular flexibility index (Phi) is 7.98. The zero-order chi connectivity index (χ0) is 41.6. The maximum Gasteiger partial charge on any atom is 0.155 e.